The first-order valence-corrected chi connectivity index (χ1v) is 15.7. The standard InChI is InChI=1S/C27H29FN6O6S2/c1-26(21-15-18(9-11-22(21)28)31-24(35)23-12-10-19(40-3)16-30-23)27(42(38,39)33(2)25(29)32-26)13-14-34(17-27)41(36,37)20-7-5-4-6-8-20/h4-12,15-16H,13-14,17H2,1-3H3,(H2,29,32)(H,31,35)/t26-,27+/m1/s1. The van der Waals surface area contributed by atoms with Crippen LogP contribution in [0, 0.1) is 5.82 Å². The van der Waals surface area contributed by atoms with Crippen LogP contribution in [0.5, 0.6) is 5.75 Å². The van der Waals surface area contributed by atoms with Gasteiger partial charge in [-0.1, -0.05) is 18.2 Å². The summed E-state index contributed by atoms with van der Waals surface area (Å²) in [4.78, 5) is 21.4. The quantitative estimate of drug-likeness (QED) is 0.425. The number of hydrogen-bond donors (Lipinski definition) is 2. The molecule has 15 heteroatoms. The molecule has 2 aromatic carbocycles. The van der Waals surface area contributed by atoms with Gasteiger partial charge in [-0.2, -0.15) is 4.31 Å². The summed E-state index contributed by atoms with van der Waals surface area (Å²) in [5.41, 5.74) is 4.19. The van der Waals surface area contributed by atoms with Crippen molar-refractivity contribution in [2.45, 2.75) is 28.5 Å². The van der Waals surface area contributed by atoms with Crippen molar-refractivity contribution in [1.29, 1.82) is 0 Å². The molecule has 5 rings (SSSR count). The number of ether oxygens (including phenoxy) is 1. The number of anilines is 1. The van der Waals surface area contributed by atoms with Gasteiger partial charge < -0.3 is 15.8 Å². The van der Waals surface area contributed by atoms with Crippen LogP contribution in [-0.4, -0.2) is 74.3 Å². The summed E-state index contributed by atoms with van der Waals surface area (Å²) < 4.78 is 75.8. The van der Waals surface area contributed by atoms with Crippen LogP contribution in [0.4, 0.5) is 10.1 Å². The van der Waals surface area contributed by atoms with Crippen molar-refractivity contribution in [3.63, 3.8) is 0 Å². The maximum absolute atomic E-state index is 15.7. The summed E-state index contributed by atoms with van der Waals surface area (Å²) >= 11 is 0. The molecule has 1 aromatic heterocycles. The number of rotatable bonds is 6. The Kier molecular flexibility index (Phi) is 7.23. The third kappa shape index (κ3) is 4.48. The van der Waals surface area contributed by atoms with Crippen molar-refractivity contribution in [2.24, 2.45) is 10.7 Å². The Hall–Kier alpha value is -4.08. The SMILES string of the molecule is COc1ccc(C(=O)Nc2ccc(F)c([C@@]3(C)N=C(N)N(C)S(=O)(=O)[C@]34CCN(S(=O)(=O)c3ccccc3)C4)c2)nc1. The zero-order chi connectivity index (χ0) is 30.5. The lowest BCUT2D eigenvalue weighted by Gasteiger charge is -2.48. The van der Waals surface area contributed by atoms with Crippen LogP contribution in [0.3, 0.4) is 0 Å². The van der Waals surface area contributed by atoms with Gasteiger partial charge in [-0.25, -0.2) is 35.5 Å². The van der Waals surface area contributed by atoms with Crippen molar-refractivity contribution in [3.05, 3.63) is 83.9 Å². The fraction of sp³-hybridized carbons (Fsp3) is 0.296. The summed E-state index contributed by atoms with van der Waals surface area (Å²) in [6, 6.07) is 14.3. The number of nitrogens with zero attached hydrogens (tertiary/aromatic N) is 4. The number of sulfonamides is 2. The number of methoxy groups -OCH3 is 1. The van der Waals surface area contributed by atoms with Crippen molar-refractivity contribution >= 4 is 37.6 Å². The van der Waals surface area contributed by atoms with Gasteiger partial charge in [0.25, 0.3) is 5.91 Å². The van der Waals surface area contributed by atoms with Gasteiger partial charge in [-0.3, -0.25) is 4.79 Å². The van der Waals surface area contributed by atoms with E-state index in [1.165, 1.54) is 57.6 Å². The predicted octanol–water partition coefficient (Wildman–Crippen LogP) is 2.12. The summed E-state index contributed by atoms with van der Waals surface area (Å²) in [5, 5.41) is 2.64. The van der Waals surface area contributed by atoms with Crippen molar-refractivity contribution in [3.8, 4) is 5.75 Å². The van der Waals surface area contributed by atoms with Gasteiger partial charge >= 0.3 is 0 Å². The van der Waals surface area contributed by atoms with Crippen LogP contribution in [-0.2, 0) is 25.6 Å². The van der Waals surface area contributed by atoms with Gasteiger partial charge in [-0.15, -0.1) is 0 Å². The normalized spacial score (nSPS) is 23.9. The van der Waals surface area contributed by atoms with E-state index in [0.717, 1.165) is 14.7 Å². The van der Waals surface area contributed by atoms with Gasteiger partial charge in [0, 0.05) is 31.4 Å². The predicted molar refractivity (Wildman–Crippen MR) is 153 cm³/mol. The van der Waals surface area contributed by atoms with Crippen LogP contribution in [0.15, 0.2) is 76.7 Å². The smallest absolute Gasteiger partial charge is 0.274 e. The molecule has 3 heterocycles. The van der Waals surface area contributed by atoms with Crippen molar-refractivity contribution in [2.75, 3.05) is 32.6 Å². The van der Waals surface area contributed by atoms with E-state index in [4.69, 9.17) is 10.5 Å². The molecule has 1 amide bonds. The molecule has 42 heavy (non-hydrogen) atoms. The fourth-order valence-electron chi connectivity index (χ4n) is 5.45. The molecule has 2 atom stereocenters. The molecular formula is C27H29FN6O6S2. The number of carbonyl (C=O) groups excluding carboxylic acids is 1. The van der Waals surface area contributed by atoms with Gasteiger partial charge in [0.15, 0.2) is 0 Å². The molecule has 0 bridgehead atoms. The number of halogens is 1. The number of aromatic nitrogens is 1. The van der Waals surface area contributed by atoms with Crippen LogP contribution in [0.2, 0.25) is 0 Å². The summed E-state index contributed by atoms with van der Waals surface area (Å²) in [6.45, 7) is 0.755. The highest BCUT2D eigenvalue weighted by Crippen LogP contribution is 2.52. The topological polar surface area (TPSA) is 164 Å². The molecule has 222 valence electrons. The van der Waals surface area contributed by atoms with Crippen molar-refractivity contribution in [1.82, 2.24) is 13.6 Å². The number of amides is 1. The zero-order valence-corrected chi connectivity index (χ0v) is 24.6. The molecule has 3 N–H and O–H groups in total. The second kappa shape index (κ2) is 10.3. The number of carbonyl (C=O) groups is 1. The lowest BCUT2D eigenvalue weighted by Crippen LogP contribution is -2.66. The Balaban J connectivity index is 1.59. The number of benzene rings is 2. The third-order valence-electron chi connectivity index (χ3n) is 7.93. The number of aliphatic imine (C=N–C) groups is 1. The van der Waals surface area contributed by atoms with E-state index < -0.39 is 48.6 Å². The van der Waals surface area contributed by atoms with Gasteiger partial charge in [0.1, 0.15) is 27.5 Å². The largest absolute Gasteiger partial charge is 0.495 e. The second-order valence-corrected chi connectivity index (χ2v) is 14.4. The average molecular weight is 617 g/mol. The highest BCUT2D eigenvalue weighted by molar-refractivity contribution is 7.91. The number of pyridine rings is 1. The maximum atomic E-state index is 15.7. The summed E-state index contributed by atoms with van der Waals surface area (Å²) in [5.74, 6) is -1.34. The van der Waals surface area contributed by atoms with Gasteiger partial charge in [0.2, 0.25) is 26.0 Å². The molecular weight excluding hydrogens is 587 g/mol. The minimum Gasteiger partial charge on any atom is -0.495 e. The Morgan fingerprint density at radius 2 is 1.86 bits per heavy atom. The van der Waals surface area contributed by atoms with Gasteiger partial charge in [0.05, 0.1) is 18.2 Å². The molecule has 3 aromatic rings. The lowest BCUT2D eigenvalue weighted by molar-refractivity contribution is 0.102. The molecule has 0 radical (unpaired) electrons. The molecule has 2 aliphatic rings. The average Bonchev–Trinajstić information content (AvgIpc) is 3.46. The Morgan fingerprint density at radius 3 is 2.50 bits per heavy atom. The van der Waals surface area contributed by atoms with E-state index >= 15 is 4.39 Å². The monoisotopic (exact) mass is 616 g/mol. The van der Waals surface area contributed by atoms with E-state index in [2.05, 4.69) is 15.3 Å². The third-order valence-corrected chi connectivity index (χ3v) is 12.4. The van der Waals surface area contributed by atoms with Crippen LogP contribution < -0.4 is 15.8 Å². The molecule has 0 aliphatic carbocycles. The van der Waals surface area contributed by atoms with Crippen LogP contribution in [0.25, 0.3) is 0 Å². The molecule has 2 aliphatic heterocycles. The van der Waals surface area contributed by atoms with E-state index in [1.54, 1.807) is 24.3 Å². The molecule has 1 spiro atoms. The maximum Gasteiger partial charge on any atom is 0.274 e. The minimum atomic E-state index is -4.39. The highest BCUT2D eigenvalue weighted by atomic mass is 32.2. The highest BCUT2D eigenvalue weighted by Gasteiger charge is 2.67. The van der Waals surface area contributed by atoms with E-state index in [0.29, 0.717) is 5.75 Å². The number of nitrogens with two attached hydrogens (primary N) is 1. The molecule has 1 saturated heterocycles. The van der Waals surface area contributed by atoms with Gasteiger partial charge in [-0.05, 0) is 55.8 Å². The Morgan fingerprint density at radius 1 is 1.14 bits per heavy atom. The molecule has 0 unspecified atom stereocenters. The van der Waals surface area contributed by atoms with Crippen LogP contribution >= 0.6 is 0 Å². The first kappa shape index (κ1) is 29.4. The first-order chi connectivity index (χ1) is 19.8. The zero-order valence-electron chi connectivity index (χ0n) is 23.0. The summed E-state index contributed by atoms with van der Waals surface area (Å²) in [7, 11) is -5.80. The van der Waals surface area contributed by atoms with Crippen LogP contribution in [0.1, 0.15) is 29.4 Å². The number of nitrogens with one attached hydrogen (secondary N) is 1. The summed E-state index contributed by atoms with van der Waals surface area (Å²) in [6.07, 6.45) is 1.18. The van der Waals surface area contributed by atoms with E-state index in [-0.39, 0.29) is 40.8 Å². The Labute approximate surface area is 243 Å². The minimum absolute atomic E-state index is 0.00337. The number of guanidine groups is 1. The number of hydrogen-bond acceptors (Lipinski definition) is 9. The molecule has 0 saturated carbocycles. The van der Waals surface area contributed by atoms with E-state index in [9.17, 15) is 21.6 Å². The molecule has 12 nitrogen and oxygen atoms in total. The lowest BCUT2D eigenvalue weighted by atomic mass is 9.78. The van der Waals surface area contributed by atoms with E-state index in [1.807, 2.05) is 0 Å². The van der Waals surface area contributed by atoms with Crippen molar-refractivity contribution < 1.29 is 30.8 Å². The molecule has 1 fully saturated rings. The fourth-order valence-corrected chi connectivity index (χ4v) is 9.19. The Bertz CT molecular complexity index is 1790. The first-order valence-electron chi connectivity index (χ1n) is 12.8. The second-order valence-electron chi connectivity index (χ2n) is 10.1.